The van der Waals surface area contributed by atoms with Crippen LogP contribution in [-0.4, -0.2) is 42.8 Å². The van der Waals surface area contributed by atoms with Gasteiger partial charge in [-0.1, -0.05) is 6.07 Å². The molecular formula is C13H17F2NO3. The fraction of sp³-hybridized carbons (Fsp3) is 0.462. The number of carboxylic acids is 1. The number of carbonyl (C=O) groups is 1. The van der Waals surface area contributed by atoms with Gasteiger partial charge in [-0.3, -0.25) is 9.69 Å². The van der Waals surface area contributed by atoms with E-state index in [0.717, 1.165) is 12.1 Å². The van der Waals surface area contributed by atoms with Gasteiger partial charge in [-0.2, -0.15) is 0 Å². The lowest BCUT2D eigenvalue weighted by Crippen LogP contribution is -2.35. The highest BCUT2D eigenvalue weighted by Crippen LogP contribution is 2.21. The molecule has 0 aliphatic heterocycles. The molecule has 4 nitrogen and oxygen atoms in total. The molecule has 0 spiro atoms. The molecule has 0 aliphatic carbocycles. The summed E-state index contributed by atoms with van der Waals surface area (Å²) >= 11 is 0. The zero-order valence-corrected chi connectivity index (χ0v) is 10.9. The molecule has 1 aromatic rings. The van der Waals surface area contributed by atoms with Gasteiger partial charge in [0.2, 0.25) is 0 Å². The summed E-state index contributed by atoms with van der Waals surface area (Å²) in [6.45, 7) is 2.30. The number of aliphatic carboxylic acids is 1. The standard InChI is InChI=1S/C13H17F2NO3/c1-9(10-3-4-11(14)12(15)7-10)16(5-6-19-2)8-13(17)18/h3-4,7,9H,5-6,8H2,1-2H3,(H,17,18). The summed E-state index contributed by atoms with van der Waals surface area (Å²) in [5.41, 5.74) is 0.524. The van der Waals surface area contributed by atoms with Crippen LogP contribution in [0.1, 0.15) is 18.5 Å². The lowest BCUT2D eigenvalue weighted by molar-refractivity contribution is -0.139. The van der Waals surface area contributed by atoms with E-state index in [1.54, 1.807) is 11.8 Å². The van der Waals surface area contributed by atoms with Crippen molar-refractivity contribution >= 4 is 5.97 Å². The van der Waals surface area contributed by atoms with E-state index in [-0.39, 0.29) is 12.6 Å². The van der Waals surface area contributed by atoms with E-state index in [1.807, 2.05) is 0 Å². The number of ether oxygens (including phenoxy) is 1. The van der Waals surface area contributed by atoms with Crippen LogP contribution in [0, 0.1) is 11.6 Å². The zero-order chi connectivity index (χ0) is 14.4. The van der Waals surface area contributed by atoms with Crippen LogP contribution in [0.2, 0.25) is 0 Å². The molecule has 1 atom stereocenters. The lowest BCUT2D eigenvalue weighted by atomic mass is 10.1. The van der Waals surface area contributed by atoms with Crippen molar-refractivity contribution in [2.75, 3.05) is 26.8 Å². The third-order valence-electron chi connectivity index (χ3n) is 2.89. The highest BCUT2D eigenvalue weighted by Gasteiger charge is 2.19. The summed E-state index contributed by atoms with van der Waals surface area (Å²) in [5, 5.41) is 8.86. The van der Waals surface area contributed by atoms with Gasteiger partial charge < -0.3 is 9.84 Å². The van der Waals surface area contributed by atoms with Crippen molar-refractivity contribution in [3.05, 3.63) is 35.4 Å². The van der Waals surface area contributed by atoms with Crippen LogP contribution in [0.5, 0.6) is 0 Å². The Bertz CT molecular complexity index is 440. The highest BCUT2D eigenvalue weighted by atomic mass is 19.2. The first-order valence-electron chi connectivity index (χ1n) is 5.85. The second-order valence-corrected chi connectivity index (χ2v) is 4.21. The average Bonchev–Trinajstić information content (AvgIpc) is 2.36. The minimum absolute atomic E-state index is 0.191. The molecule has 1 unspecified atom stereocenters. The van der Waals surface area contributed by atoms with Crippen LogP contribution in [0.3, 0.4) is 0 Å². The largest absolute Gasteiger partial charge is 0.480 e. The molecule has 0 amide bonds. The van der Waals surface area contributed by atoms with Gasteiger partial charge in [-0.15, -0.1) is 0 Å². The Labute approximate surface area is 110 Å². The quantitative estimate of drug-likeness (QED) is 0.826. The van der Waals surface area contributed by atoms with Gasteiger partial charge in [0.1, 0.15) is 0 Å². The highest BCUT2D eigenvalue weighted by molar-refractivity contribution is 5.69. The van der Waals surface area contributed by atoms with Gasteiger partial charge in [0.05, 0.1) is 13.2 Å². The van der Waals surface area contributed by atoms with Crippen molar-refractivity contribution in [2.24, 2.45) is 0 Å². The smallest absolute Gasteiger partial charge is 0.317 e. The van der Waals surface area contributed by atoms with Gasteiger partial charge >= 0.3 is 5.97 Å². The third kappa shape index (κ3) is 4.57. The zero-order valence-electron chi connectivity index (χ0n) is 10.9. The molecule has 0 fully saturated rings. The second-order valence-electron chi connectivity index (χ2n) is 4.21. The maximum Gasteiger partial charge on any atom is 0.317 e. The predicted molar refractivity (Wildman–Crippen MR) is 65.9 cm³/mol. The van der Waals surface area contributed by atoms with E-state index in [1.165, 1.54) is 13.2 Å². The molecule has 1 aromatic carbocycles. The minimum atomic E-state index is -0.981. The normalized spacial score (nSPS) is 12.7. The summed E-state index contributed by atoms with van der Waals surface area (Å²) in [5.74, 6) is -2.84. The lowest BCUT2D eigenvalue weighted by Gasteiger charge is -2.27. The number of methoxy groups -OCH3 is 1. The van der Waals surface area contributed by atoms with E-state index >= 15 is 0 Å². The van der Waals surface area contributed by atoms with Crippen molar-refractivity contribution in [1.82, 2.24) is 4.90 Å². The Morgan fingerprint density at radius 3 is 2.63 bits per heavy atom. The van der Waals surface area contributed by atoms with Crippen LogP contribution in [-0.2, 0) is 9.53 Å². The molecule has 106 valence electrons. The van der Waals surface area contributed by atoms with Crippen molar-refractivity contribution in [1.29, 1.82) is 0 Å². The fourth-order valence-electron chi connectivity index (χ4n) is 1.77. The Morgan fingerprint density at radius 1 is 1.42 bits per heavy atom. The van der Waals surface area contributed by atoms with Crippen molar-refractivity contribution in [3.8, 4) is 0 Å². The Hall–Kier alpha value is -1.53. The molecule has 1 rings (SSSR count). The molecule has 0 bridgehead atoms. The first kappa shape index (κ1) is 15.5. The summed E-state index contributed by atoms with van der Waals surface area (Å²) in [6, 6.07) is 3.23. The maximum absolute atomic E-state index is 13.2. The van der Waals surface area contributed by atoms with Gasteiger partial charge in [0.15, 0.2) is 11.6 Å². The van der Waals surface area contributed by atoms with Gasteiger partial charge in [0, 0.05) is 19.7 Å². The number of rotatable bonds is 7. The topological polar surface area (TPSA) is 49.8 Å². The van der Waals surface area contributed by atoms with Crippen molar-refractivity contribution < 1.29 is 23.4 Å². The number of halogens is 2. The van der Waals surface area contributed by atoms with Crippen molar-refractivity contribution in [3.63, 3.8) is 0 Å². The van der Waals surface area contributed by atoms with Gasteiger partial charge in [-0.25, -0.2) is 8.78 Å². The summed E-state index contributed by atoms with van der Waals surface area (Å²) in [7, 11) is 1.52. The van der Waals surface area contributed by atoms with E-state index in [9.17, 15) is 13.6 Å². The van der Waals surface area contributed by atoms with Gasteiger partial charge in [-0.05, 0) is 24.6 Å². The maximum atomic E-state index is 13.2. The average molecular weight is 273 g/mol. The number of benzene rings is 1. The van der Waals surface area contributed by atoms with E-state index in [0.29, 0.717) is 18.7 Å². The summed E-state index contributed by atoms with van der Waals surface area (Å²) < 4.78 is 31.0. The summed E-state index contributed by atoms with van der Waals surface area (Å²) in [6.07, 6.45) is 0. The number of carboxylic acid groups (broad SMARTS) is 1. The van der Waals surface area contributed by atoms with Crippen LogP contribution in [0.15, 0.2) is 18.2 Å². The molecule has 0 saturated heterocycles. The van der Waals surface area contributed by atoms with Crippen LogP contribution in [0.4, 0.5) is 8.78 Å². The monoisotopic (exact) mass is 273 g/mol. The van der Waals surface area contributed by atoms with Crippen LogP contribution >= 0.6 is 0 Å². The fourth-order valence-corrected chi connectivity index (χ4v) is 1.77. The van der Waals surface area contributed by atoms with Crippen LogP contribution in [0.25, 0.3) is 0 Å². The Balaban J connectivity index is 2.86. The molecule has 0 aromatic heterocycles. The van der Waals surface area contributed by atoms with Crippen LogP contribution < -0.4 is 0 Å². The predicted octanol–water partition coefficient (Wildman–Crippen LogP) is 2.06. The van der Waals surface area contributed by atoms with Gasteiger partial charge in [0.25, 0.3) is 0 Å². The molecule has 1 N–H and O–H groups in total. The molecule has 0 radical (unpaired) electrons. The number of hydrogen-bond acceptors (Lipinski definition) is 3. The second kappa shape index (κ2) is 7.16. The van der Waals surface area contributed by atoms with E-state index in [2.05, 4.69) is 0 Å². The Morgan fingerprint density at radius 2 is 2.11 bits per heavy atom. The Kier molecular flexibility index (Phi) is 5.85. The molecule has 0 heterocycles. The van der Waals surface area contributed by atoms with E-state index < -0.39 is 17.6 Å². The first-order valence-corrected chi connectivity index (χ1v) is 5.85. The molecule has 0 saturated carbocycles. The summed E-state index contributed by atoms with van der Waals surface area (Å²) in [4.78, 5) is 12.4. The molecular weight excluding hydrogens is 256 g/mol. The number of nitrogens with zero attached hydrogens (tertiary/aromatic N) is 1. The third-order valence-corrected chi connectivity index (χ3v) is 2.89. The first-order chi connectivity index (χ1) is 8.95. The number of hydrogen-bond donors (Lipinski definition) is 1. The molecule has 19 heavy (non-hydrogen) atoms. The molecule has 0 aliphatic rings. The van der Waals surface area contributed by atoms with E-state index in [4.69, 9.17) is 9.84 Å². The molecule has 6 heteroatoms. The SMILES string of the molecule is COCCN(CC(=O)O)C(C)c1ccc(F)c(F)c1. The van der Waals surface area contributed by atoms with Crippen molar-refractivity contribution in [2.45, 2.75) is 13.0 Å². The minimum Gasteiger partial charge on any atom is -0.480 e.